The van der Waals surface area contributed by atoms with E-state index in [1.165, 1.54) is 11.3 Å². The molecule has 0 atom stereocenters. The molecule has 1 aromatic heterocycles. The molecule has 2 fully saturated rings. The number of likely N-dealkylation sites (tertiary alicyclic amines) is 1. The number of aryl methyl sites for hydroxylation is 2. The Kier molecular flexibility index (Phi) is 5.30. The van der Waals surface area contributed by atoms with Crippen LogP contribution in [-0.2, 0) is 24.9 Å². The van der Waals surface area contributed by atoms with Crippen LogP contribution in [0.4, 0.5) is 4.39 Å². The van der Waals surface area contributed by atoms with Crippen molar-refractivity contribution in [2.45, 2.75) is 38.4 Å². The van der Waals surface area contributed by atoms with E-state index >= 15 is 0 Å². The molecule has 0 unspecified atom stereocenters. The number of aromatic nitrogens is 2. The van der Waals surface area contributed by atoms with Gasteiger partial charge in [-0.2, -0.15) is 5.10 Å². The molecule has 27 heavy (non-hydrogen) atoms. The molecule has 2 aliphatic heterocycles. The van der Waals surface area contributed by atoms with Crippen molar-refractivity contribution in [2.24, 2.45) is 7.05 Å². The van der Waals surface area contributed by atoms with Gasteiger partial charge in [-0.3, -0.25) is 14.5 Å². The van der Waals surface area contributed by atoms with Gasteiger partial charge >= 0.3 is 0 Å². The van der Waals surface area contributed by atoms with Crippen LogP contribution >= 0.6 is 0 Å². The minimum atomic E-state index is -0.173. The standard InChI is InChI=1S/C21H29FN4O/c1-17-13-20(23-24(17)2)15-25-9-7-21(8-10-25)16-27-12-11-26(21)14-18-3-5-19(22)6-4-18/h3-6,13H,7-12,14-16H2,1-2H3. The summed E-state index contributed by atoms with van der Waals surface area (Å²) in [5.74, 6) is -0.173. The molecular formula is C21H29FN4O. The van der Waals surface area contributed by atoms with Crippen LogP contribution in [0, 0.1) is 12.7 Å². The molecule has 4 rings (SSSR count). The zero-order valence-corrected chi connectivity index (χ0v) is 16.3. The number of hydrogen-bond acceptors (Lipinski definition) is 4. The first-order valence-electron chi connectivity index (χ1n) is 9.83. The Morgan fingerprint density at radius 3 is 2.52 bits per heavy atom. The topological polar surface area (TPSA) is 33.5 Å². The summed E-state index contributed by atoms with van der Waals surface area (Å²) < 4.78 is 21.0. The molecule has 2 aliphatic rings. The predicted molar refractivity (Wildman–Crippen MR) is 103 cm³/mol. The van der Waals surface area contributed by atoms with Crippen LogP contribution in [0.5, 0.6) is 0 Å². The molecular weight excluding hydrogens is 343 g/mol. The Morgan fingerprint density at radius 1 is 1.11 bits per heavy atom. The first-order valence-corrected chi connectivity index (χ1v) is 9.83. The lowest BCUT2D eigenvalue weighted by atomic mass is 9.85. The highest BCUT2D eigenvalue weighted by Crippen LogP contribution is 2.33. The van der Waals surface area contributed by atoms with Crippen LogP contribution < -0.4 is 0 Å². The van der Waals surface area contributed by atoms with Gasteiger partial charge in [0.05, 0.1) is 18.9 Å². The summed E-state index contributed by atoms with van der Waals surface area (Å²) in [5, 5.41) is 4.60. The summed E-state index contributed by atoms with van der Waals surface area (Å²) in [6.07, 6.45) is 2.19. The summed E-state index contributed by atoms with van der Waals surface area (Å²) in [5.41, 5.74) is 3.62. The third-order valence-electron chi connectivity index (χ3n) is 6.17. The van der Waals surface area contributed by atoms with Gasteiger partial charge in [-0.15, -0.1) is 0 Å². The van der Waals surface area contributed by atoms with Crippen molar-refractivity contribution in [1.29, 1.82) is 0 Å². The highest BCUT2D eigenvalue weighted by atomic mass is 19.1. The SMILES string of the molecule is Cc1cc(CN2CCC3(CC2)COCCN3Cc2ccc(F)cc2)nn1C. The van der Waals surface area contributed by atoms with Crippen LogP contribution in [0.15, 0.2) is 30.3 Å². The van der Waals surface area contributed by atoms with Gasteiger partial charge in [-0.05, 0) is 43.5 Å². The first-order chi connectivity index (χ1) is 13.0. The minimum absolute atomic E-state index is 0.100. The number of piperidine rings is 1. The Hall–Kier alpha value is -1.76. The second kappa shape index (κ2) is 7.70. The minimum Gasteiger partial charge on any atom is -0.378 e. The van der Waals surface area contributed by atoms with E-state index in [2.05, 4.69) is 27.9 Å². The number of halogens is 1. The molecule has 0 N–H and O–H groups in total. The second-order valence-electron chi connectivity index (χ2n) is 8.00. The lowest BCUT2D eigenvalue weighted by Gasteiger charge is -2.51. The summed E-state index contributed by atoms with van der Waals surface area (Å²) >= 11 is 0. The Balaban J connectivity index is 1.40. The molecule has 3 heterocycles. The van der Waals surface area contributed by atoms with Gasteiger partial charge in [-0.25, -0.2) is 4.39 Å². The van der Waals surface area contributed by atoms with Crippen molar-refractivity contribution in [1.82, 2.24) is 19.6 Å². The van der Waals surface area contributed by atoms with Crippen LogP contribution in [-0.4, -0.2) is 58.0 Å². The largest absolute Gasteiger partial charge is 0.378 e. The molecule has 0 amide bonds. The number of ether oxygens (including phenoxy) is 1. The van der Waals surface area contributed by atoms with Gasteiger partial charge in [0.2, 0.25) is 0 Å². The number of rotatable bonds is 4. The molecule has 0 radical (unpaired) electrons. The van der Waals surface area contributed by atoms with Crippen molar-refractivity contribution in [3.63, 3.8) is 0 Å². The first kappa shape index (κ1) is 18.6. The van der Waals surface area contributed by atoms with Crippen LogP contribution in [0.25, 0.3) is 0 Å². The molecule has 0 saturated carbocycles. The summed E-state index contributed by atoms with van der Waals surface area (Å²) in [6, 6.07) is 9.09. The van der Waals surface area contributed by atoms with Gasteiger partial charge in [0.1, 0.15) is 5.82 Å². The van der Waals surface area contributed by atoms with E-state index in [-0.39, 0.29) is 11.4 Å². The third kappa shape index (κ3) is 4.08. The number of nitrogens with zero attached hydrogens (tertiary/aromatic N) is 4. The fourth-order valence-electron chi connectivity index (χ4n) is 4.35. The van der Waals surface area contributed by atoms with Crippen molar-refractivity contribution < 1.29 is 9.13 Å². The van der Waals surface area contributed by atoms with Crippen molar-refractivity contribution in [3.8, 4) is 0 Å². The molecule has 6 heteroatoms. The van der Waals surface area contributed by atoms with Crippen molar-refractivity contribution in [3.05, 3.63) is 53.1 Å². The highest BCUT2D eigenvalue weighted by molar-refractivity contribution is 5.17. The third-order valence-corrected chi connectivity index (χ3v) is 6.17. The van der Waals surface area contributed by atoms with Gasteiger partial charge in [0.25, 0.3) is 0 Å². The highest BCUT2D eigenvalue weighted by Gasteiger charge is 2.42. The Labute approximate surface area is 160 Å². The van der Waals surface area contributed by atoms with Crippen LogP contribution in [0.1, 0.15) is 29.8 Å². The zero-order valence-electron chi connectivity index (χ0n) is 16.3. The molecule has 2 aromatic rings. The lowest BCUT2D eigenvalue weighted by molar-refractivity contribution is -0.0996. The molecule has 5 nitrogen and oxygen atoms in total. The number of morpholine rings is 1. The Morgan fingerprint density at radius 2 is 1.85 bits per heavy atom. The molecule has 2 saturated heterocycles. The molecule has 0 bridgehead atoms. The average Bonchev–Trinajstić information content (AvgIpc) is 2.98. The van der Waals surface area contributed by atoms with E-state index < -0.39 is 0 Å². The smallest absolute Gasteiger partial charge is 0.123 e. The van der Waals surface area contributed by atoms with E-state index in [0.29, 0.717) is 0 Å². The van der Waals surface area contributed by atoms with Gasteiger partial charge in [0, 0.05) is 51.0 Å². The molecule has 0 aliphatic carbocycles. The maximum Gasteiger partial charge on any atom is 0.123 e. The predicted octanol–water partition coefficient (Wildman–Crippen LogP) is 2.73. The van der Waals surface area contributed by atoms with Gasteiger partial charge in [-0.1, -0.05) is 12.1 Å². The molecule has 1 aromatic carbocycles. The van der Waals surface area contributed by atoms with Crippen molar-refractivity contribution >= 4 is 0 Å². The van der Waals surface area contributed by atoms with Crippen molar-refractivity contribution in [2.75, 3.05) is 32.8 Å². The molecule has 146 valence electrons. The van der Waals surface area contributed by atoms with Crippen LogP contribution in [0.2, 0.25) is 0 Å². The van der Waals surface area contributed by atoms with Gasteiger partial charge < -0.3 is 4.74 Å². The van der Waals surface area contributed by atoms with E-state index in [1.54, 1.807) is 12.1 Å². The van der Waals surface area contributed by atoms with E-state index in [0.717, 1.165) is 64.5 Å². The quantitative estimate of drug-likeness (QED) is 0.826. The average molecular weight is 372 g/mol. The van der Waals surface area contributed by atoms with E-state index in [1.807, 2.05) is 23.9 Å². The van der Waals surface area contributed by atoms with E-state index in [4.69, 9.17) is 4.74 Å². The van der Waals surface area contributed by atoms with Crippen LogP contribution in [0.3, 0.4) is 0 Å². The number of benzene rings is 1. The maximum atomic E-state index is 13.2. The summed E-state index contributed by atoms with van der Waals surface area (Å²) in [7, 11) is 2.00. The fourth-order valence-corrected chi connectivity index (χ4v) is 4.35. The monoisotopic (exact) mass is 372 g/mol. The fraction of sp³-hybridized carbons (Fsp3) is 0.571. The summed E-state index contributed by atoms with van der Waals surface area (Å²) in [4.78, 5) is 5.06. The zero-order chi connectivity index (χ0) is 18.9. The van der Waals surface area contributed by atoms with E-state index in [9.17, 15) is 4.39 Å². The Bertz CT molecular complexity index is 745. The summed E-state index contributed by atoms with van der Waals surface area (Å²) in [6.45, 7) is 8.49. The lowest BCUT2D eigenvalue weighted by Crippen LogP contribution is -2.60. The number of hydrogen-bond donors (Lipinski definition) is 0. The molecule has 1 spiro atoms. The van der Waals surface area contributed by atoms with Gasteiger partial charge in [0.15, 0.2) is 0 Å². The second-order valence-corrected chi connectivity index (χ2v) is 8.00. The normalized spacial score (nSPS) is 21.0. The maximum absolute atomic E-state index is 13.2.